The van der Waals surface area contributed by atoms with Crippen molar-refractivity contribution in [2.24, 2.45) is 0 Å². The van der Waals surface area contributed by atoms with Gasteiger partial charge in [0.2, 0.25) is 0 Å². The summed E-state index contributed by atoms with van der Waals surface area (Å²) < 4.78 is 15.3. The van der Waals surface area contributed by atoms with Crippen LogP contribution in [0.1, 0.15) is 25.5 Å². The molecule has 1 aromatic carbocycles. The maximum atomic E-state index is 13.7. The monoisotopic (exact) mass is 303 g/mol. The van der Waals surface area contributed by atoms with Crippen LogP contribution >= 0.6 is 11.6 Å². The summed E-state index contributed by atoms with van der Waals surface area (Å²) in [5.74, 6) is -0.565. The van der Waals surface area contributed by atoms with Crippen molar-refractivity contribution in [1.29, 1.82) is 0 Å². The molecule has 0 saturated carbocycles. The van der Waals surface area contributed by atoms with Crippen LogP contribution in [0.15, 0.2) is 41.2 Å². The topological polar surface area (TPSA) is 22.0 Å². The lowest BCUT2D eigenvalue weighted by Gasteiger charge is -2.16. The number of pyridine rings is 1. The first-order valence-corrected chi connectivity index (χ1v) is 7.41. The van der Waals surface area contributed by atoms with E-state index in [-0.39, 0.29) is 16.0 Å². The predicted molar refractivity (Wildman–Crippen MR) is 85.2 cm³/mol. The van der Waals surface area contributed by atoms with Gasteiger partial charge in [-0.25, -0.2) is 4.39 Å². The Morgan fingerprint density at radius 3 is 2.81 bits per heavy atom. The van der Waals surface area contributed by atoms with Crippen molar-refractivity contribution in [3.8, 4) is 0 Å². The second-order valence-corrected chi connectivity index (χ2v) is 5.44. The van der Waals surface area contributed by atoms with E-state index in [9.17, 15) is 9.18 Å². The van der Waals surface area contributed by atoms with Gasteiger partial charge in [-0.05, 0) is 42.9 Å². The number of nitrogens with zero attached hydrogens (tertiary/aromatic N) is 1. The van der Waals surface area contributed by atoms with Crippen LogP contribution in [-0.2, 0) is 6.42 Å². The largest absolute Gasteiger partial charge is 0.281 e. The van der Waals surface area contributed by atoms with Gasteiger partial charge in [-0.2, -0.15) is 0 Å². The highest BCUT2D eigenvalue weighted by atomic mass is 35.5. The molecule has 1 aromatic heterocycles. The standard InChI is InChI=1S/C17H15ClFNO/c1-2-12-10-11-8-9-14(19)16(18)15(11)17(21)20(12)13-6-4-3-5-7-13/h4,6-10H,2-3,5H2,1H3. The Morgan fingerprint density at radius 2 is 2.14 bits per heavy atom. The predicted octanol–water partition coefficient (Wildman–Crippen LogP) is 4.55. The van der Waals surface area contributed by atoms with E-state index in [0.717, 1.165) is 24.2 Å². The molecule has 0 amide bonds. The third kappa shape index (κ3) is 2.32. The fraction of sp³-hybridized carbons (Fsp3) is 0.235. The normalized spacial score (nSPS) is 14.5. The summed E-state index contributed by atoms with van der Waals surface area (Å²) >= 11 is 6.01. The molecule has 0 unspecified atom stereocenters. The second kappa shape index (κ2) is 5.49. The van der Waals surface area contributed by atoms with E-state index < -0.39 is 5.82 Å². The van der Waals surface area contributed by atoms with Crippen LogP contribution in [0.4, 0.5) is 4.39 Å². The molecule has 4 heteroatoms. The van der Waals surface area contributed by atoms with Crippen LogP contribution in [0, 0.1) is 5.82 Å². The lowest BCUT2D eigenvalue weighted by molar-refractivity contribution is 0.630. The van der Waals surface area contributed by atoms with Gasteiger partial charge in [-0.1, -0.05) is 36.7 Å². The number of aromatic nitrogens is 1. The zero-order chi connectivity index (χ0) is 15.0. The molecule has 3 rings (SSSR count). The quantitative estimate of drug-likeness (QED) is 0.798. The molecule has 0 spiro atoms. The Bertz CT molecular complexity index is 833. The number of fused-ring (bicyclic) bond motifs is 1. The first-order valence-electron chi connectivity index (χ1n) is 7.03. The number of hydrogen-bond donors (Lipinski definition) is 0. The summed E-state index contributed by atoms with van der Waals surface area (Å²) in [4.78, 5) is 12.8. The summed E-state index contributed by atoms with van der Waals surface area (Å²) in [6, 6.07) is 4.81. The fourth-order valence-electron chi connectivity index (χ4n) is 2.70. The molecule has 0 saturated heterocycles. The van der Waals surface area contributed by atoms with Crippen molar-refractivity contribution in [3.05, 3.63) is 63.3 Å². The average Bonchev–Trinajstić information content (AvgIpc) is 2.51. The van der Waals surface area contributed by atoms with Gasteiger partial charge >= 0.3 is 0 Å². The molecule has 0 N–H and O–H groups in total. The molecule has 2 aromatic rings. The molecule has 1 heterocycles. The molecular weight excluding hydrogens is 289 g/mol. The van der Waals surface area contributed by atoms with Crippen LogP contribution in [0.25, 0.3) is 16.5 Å². The van der Waals surface area contributed by atoms with E-state index >= 15 is 0 Å². The van der Waals surface area contributed by atoms with Crippen molar-refractivity contribution >= 4 is 28.1 Å². The van der Waals surface area contributed by atoms with Crippen molar-refractivity contribution in [2.45, 2.75) is 26.2 Å². The first kappa shape index (κ1) is 14.1. The first-order chi connectivity index (χ1) is 10.1. The molecule has 108 valence electrons. The zero-order valence-electron chi connectivity index (χ0n) is 11.7. The summed E-state index contributed by atoms with van der Waals surface area (Å²) in [6.45, 7) is 2.00. The Morgan fingerprint density at radius 1 is 1.33 bits per heavy atom. The van der Waals surface area contributed by atoms with Gasteiger partial charge in [-0.15, -0.1) is 0 Å². The van der Waals surface area contributed by atoms with Gasteiger partial charge in [-0.3, -0.25) is 9.36 Å². The minimum absolute atomic E-state index is 0.103. The van der Waals surface area contributed by atoms with Gasteiger partial charge < -0.3 is 0 Å². The Labute approximate surface area is 127 Å². The van der Waals surface area contributed by atoms with E-state index in [4.69, 9.17) is 11.6 Å². The lowest BCUT2D eigenvalue weighted by Crippen LogP contribution is -2.23. The Kier molecular flexibility index (Phi) is 3.68. The highest BCUT2D eigenvalue weighted by molar-refractivity contribution is 6.35. The van der Waals surface area contributed by atoms with Crippen LogP contribution in [0.2, 0.25) is 5.02 Å². The minimum atomic E-state index is -0.565. The summed E-state index contributed by atoms with van der Waals surface area (Å²) in [5.41, 5.74) is 1.48. The number of hydrogen-bond acceptors (Lipinski definition) is 1. The molecular formula is C17H15ClFNO. The van der Waals surface area contributed by atoms with E-state index in [1.165, 1.54) is 6.07 Å². The van der Waals surface area contributed by atoms with Gasteiger partial charge in [0.05, 0.1) is 10.4 Å². The molecule has 0 aliphatic heterocycles. The number of halogens is 2. The Hall–Kier alpha value is -1.87. The van der Waals surface area contributed by atoms with E-state index in [1.54, 1.807) is 10.6 Å². The van der Waals surface area contributed by atoms with Crippen molar-refractivity contribution in [3.63, 3.8) is 0 Å². The molecule has 0 bridgehead atoms. The highest BCUT2D eigenvalue weighted by Crippen LogP contribution is 2.26. The van der Waals surface area contributed by atoms with Crippen LogP contribution in [0.3, 0.4) is 0 Å². The van der Waals surface area contributed by atoms with Crippen LogP contribution in [0.5, 0.6) is 0 Å². The maximum absolute atomic E-state index is 13.7. The van der Waals surface area contributed by atoms with Crippen LogP contribution < -0.4 is 5.56 Å². The number of benzene rings is 1. The number of aryl methyl sites for hydroxylation is 1. The smallest absolute Gasteiger partial charge is 0.264 e. The maximum Gasteiger partial charge on any atom is 0.264 e. The molecule has 1 aliphatic rings. The average molecular weight is 304 g/mol. The molecule has 0 fully saturated rings. The van der Waals surface area contributed by atoms with Gasteiger partial charge in [0, 0.05) is 11.4 Å². The molecule has 0 radical (unpaired) electrons. The minimum Gasteiger partial charge on any atom is -0.281 e. The number of allylic oxidation sites excluding steroid dienone is 4. The lowest BCUT2D eigenvalue weighted by atomic mass is 10.1. The fourth-order valence-corrected chi connectivity index (χ4v) is 2.95. The summed E-state index contributed by atoms with van der Waals surface area (Å²) in [7, 11) is 0. The zero-order valence-corrected chi connectivity index (χ0v) is 12.5. The van der Waals surface area contributed by atoms with Crippen molar-refractivity contribution < 1.29 is 4.39 Å². The molecule has 21 heavy (non-hydrogen) atoms. The second-order valence-electron chi connectivity index (χ2n) is 5.06. The molecule has 2 nitrogen and oxygen atoms in total. The summed E-state index contributed by atoms with van der Waals surface area (Å²) in [5, 5.41) is 0.822. The molecule has 1 aliphatic carbocycles. The van der Waals surface area contributed by atoms with Gasteiger partial charge in [0.25, 0.3) is 5.56 Å². The van der Waals surface area contributed by atoms with E-state index in [2.05, 4.69) is 0 Å². The van der Waals surface area contributed by atoms with E-state index in [1.807, 2.05) is 31.2 Å². The van der Waals surface area contributed by atoms with E-state index in [0.29, 0.717) is 11.8 Å². The highest BCUT2D eigenvalue weighted by Gasteiger charge is 2.15. The third-order valence-corrected chi connectivity index (χ3v) is 4.12. The van der Waals surface area contributed by atoms with Crippen LogP contribution in [-0.4, -0.2) is 4.57 Å². The third-order valence-electron chi connectivity index (χ3n) is 3.75. The van der Waals surface area contributed by atoms with Crippen molar-refractivity contribution in [1.82, 2.24) is 4.57 Å². The van der Waals surface area contributed by atoms with Gasteiger partial charge in [0.15, 0.2) is 0 Å². The van der Waals surface area contributed by atoms with Crippen molar-refractivity contribution in [2.75, 3.05) is 0 Å². The summed E-state index contributed by atoms with van der Waals surface area (Å²) in [6.07, 6.45) is 8.59. The number of rotatable bonds is 2. The molecule has 0 atom stereocenters. The Balaban J connectivity index is 2.40. The SMILES string of the molecule is CCc1cc2ccc(F)c(Cl)c2c(=O)n1C1=CCCC=C1. The van der Waals surface area contributed by atoms with Gasteiger partial charge in [0.1, 0.15) is 5.82 Å².